The molecular formula is C15H18N2O2. The molecule has 1 atom stereocenters. The van der Waals surface area contributed by atoms with Crippen LogP contribution in [0.1, 0.15) is 6.92 Å². The van der Waals surface area contributed by atoms with Crippen LogP contribution in [0.15, 0.2) is 36.5 Å². The normalized spacial score (nSPS) is 12.2. The second kappa shape index (κ2) is 5.69. The van der Waals surface area contributed by atoms with Gasteiger partial charge in [0.15, 0.2) is 0 Å². The van der Waals surface area contributed by atoms with E-state index in [2.05, 4.69) is 11.1 Å². The van der Waals surface area contributed by atoms with Crippen LogP contribution < -0.4 is 4.90 Å². The van der Waals surface area contributed by atoms with E-state index in [1.807, 2.05) is 43.1 Å². The highest BCUT2D eigenvalue weighted by Gasteiger charge is 2.17. The molecule has 0 aliphatic rings. The number of hydrogen-bond acceptors (Lipinski definition) is 4. The molecule has 2 rings (SSSR count). The van der Waals surface area contributed by atoms with Crippen molar-refractivity contribution in [2.75, 3.05) is 25.6 Å². The molecule has 0 fully saturated rings. The molecule has 0 N–H and O–H groups in total. The van der Waals surface area contributed by atoms with Gasteiger partial charge in [-0.05, 0) is 11.5 Å². The highest BCUT2D eigenvalue weighted by Crippen LogP contribution is 2.23. The minimum atomic E-state index is -0.202. The summed E-state index contributed by atoms with van der Waals surface area (Å²) in [5.74, 6) is 0.497. The zero-order valence-corrected chi connectivity index (χ0v) is 11.5. The van der Waals surface area contributed by atoms with E-state index in [9.17, 15) is 4.79 Å². The number of pyridine rings is 1. The molecule has 4 heteroatoms. The minimum Gasteiger partial charge on any atom is -0.469 e. The lowest BCUT2D eigenvalue weighted by Gasteiger charge is -2.22. The van der Waals surface area contributed by atoms with E-state index >= 15 is 0 Å². The van der Waals surface area contributed by atoms with Crippen LogP contribution in [-0.4, -0.2) is 31.7 Å². The molecule has 0 aliphatic carbocycles. The number of anilines is 1. The summed E-state index contributed by atoms with van der Waals surface area (Å²) in [5, 5.41) is 2.23. The van der Waals surface area contributed by atoms with Crippen LogP contribution in [0.5, 0.6) is 0 Å². The summed E-state index contributed by atoms with van der Waals surface area (Å²) in [5.41, 5.74) is 0. The Bertz CT molecular complexity index is 578. The van der Waals surface area contributed by atoms with Crippen molar-refractivity contribution in [3.63, 3.8) is 0 Å². The third kappa shape index (κ3) is 2.84. The molecule has 1 unspecified atom stereocenters. The predicted molar refractivity (Wildman–Crippen MR) is 76.2 cm³/mol. The SMILES string of the molecule is COC(=O)C(C)CN(C)c1nccc2ccccc12. The third-order valence-corrected chi connectivity index (χ3v) is 3.17. The number of fused-ring (bicyclic) bond motifs is 1. The minimum absolute atomic E-state index is 0.184. The molecule has 1 aromatic heterocycles. The van der Waals surface area contributed by atoms with Gasteiger partial charge in [0, 0.05) is 25.2 Å². The van der Waals surface area contributed by atoms with Gasteiger partial charge in [-0.15, -0.1) is 0 Å². The second-order valence-corrected chi connectivity index (χ2v) is 4.66. The number of nitrogens with zero attached hydrogens (tertiary/aromatic N) is 2. The fourth-order valence-electron chi connectivity index (χ4n) is 2.18. The van der Waals surface area contributed by atoms with Gasteiger partial charge in [-0.2, -0.15) is 0 Å². The summed E-state index contributed by atoms with van der Waals surface area (Å²) in [6.45, 7) is 2.43. The second-order valence-electron chi connectivity index (χ2n) is 4.66. The Morgan fingerprint density at radius 3 is 2.84 bits per heavy atom. The summed E-state index contributed by atoms with van der Waals surface area (Å²) in [4.78, 5) is 17.9. The molecule has 1 aromatic carbocycles. The zero-order valence-electron chi connectivity index (χ0n) is 11.5. The molecule has 0 amide bonds. The number of carbonyl (C=O) groups excluding carboxylic acids is 1. The first-order valence-corrected chi connectivity index (χ1v) is 6.26. The van der Waals surface area contributed by atoms with E-state index in [0.29, 0.717) is 6.54 Å². The molecule has 2 aromatic rings. The average molecular weight is 258 g/mol. The Morgan fingerprint density at radius 1 is 1.37 bits per heavy atom. The highest BCUT2D eigenvalue weighted by molar-refractivity contribution is 5.92. The van der Waals surface area contributed by atoms with Gasteiger partial charge in [0.2, 0.25) is 0 Å². The van der Waals surface area contributed by atoms with Gasteiger partial charge in [-0.25, -0.2) is 4.98 Å². The molecule has 0 radical (unpaired) electrons. The van der Waals surface area contributed by atoms with Crippen molar-refractivity contribution in [3.8, 4) is 0 Å². The van der Waals surface area contributed by atoms with Gasteiger partial charge < -0.3 is 9.64 Å². The van der Waals surface area contributed by atoms with E-state index in [1.54, 1.807) is 6.20 Å². The van der Waals surface area contributed by atoms with Crippen LogP contribution in [-0.2, 0) is 9.53 Å². The molecule has 0 saturated heterocycles. The van der Waals surface area contributed by atoms with E-state index < -0.39 is 0 Å². The standard InChI is InChI=1S/C15H18N2O2/c1-11(15(18)19-3)10-17(2)14-13-7-5-4-6-12(13)8-9-16-14/h4-9,11H,10H2,1-3H3. The first-order valence-electron chi connectivity index (χ1n) is 6.26. The van der Waals surface area contributed by atoms with Crippen molar-refractivity contribution >= 4 is 22.6 Å². The zero-order chi connectivity index (χ0) is 13.8. The first-order chi connectivity index (χ1) is 9.13. The maximum atomic E-state index is 11.5. The van der Waals surface area contributed by atoms with E-state index in [-0.39, 0.29) is 11.9 Å². The van der Waals surface area contributed by atoms with E-state index in [4.69, 9.17) is 4.74 Å². The van der Waals surface area contributed by atoms with Gasteiger partial charge in [-0.3, -0.25) is 4.79 Å². The summed E-state index contributed by atoms with van der Waals surface area (Å²) in [7, 11) is 3.35. The van der Waals surface area contributed by atoms with Gasteiger partial charge in [-0.1, -0.05) is 31.2 Å². The maximum absolute atomic E-state index is 11.5. The fraction of sp³-hybridized carbons (Fsp3) is 0.333. The quantitative estimate of drug-likeness (QED) is 0.790. The van der Waals surface area contributed by atoms with Crippen molar-refractivity contribution < 1.29 is 9.53 Å². The van der Waals surface area contributed by atoms with Crippen LogP contribution in [0.25, 0.3) is 10.8 Å². The molecule has 0 bridgehead atoms. The van der Waals surface area contributed by atoms with Gasteiger partial charge in [0.1, 0.15) is 5.82 Å². The number of methoxy groups -OCH3 is 1. The molecule has 0 saturated carbocycles. The largest absolute Gasteiger partial charge is 0.469 e. The Kier molecular flexibility index (Phi) is 4.00. The van der Waals surface area contributed by atoms with Crippen molar-refractivity contribution in [1.82, 2.24) is 4.98 Å². The number of rotatable bonds is 4. The Morgan fingerprint density at radius 2 is 2.11 bits per heavy atom. The number of carbonyl (C=O) groups is 1. The molecule has 1 heterocycles. The molecule has 0 aliphatic heterocycles. The Hall–Kier alpha value is -2.10. The van der Waals surface area contributed by atoms with E-state index in [0.717, 1.165) is 16.6 Å². The first kappa shape index (κ1) is 13.3. The number of ether oxygens (including phenoxy) is 1. The number of aromatic nitrogens is 1. The monoisotopic (exact) mass is 258 g/mol. The number of hydrogen-bond donors (Lipinski definition) is 0. The molecule has 0 spiro atoms. The van der Waals surface area contributed by atoms with Crippen LogP contribution in [0.2, 0.25) is 0 Å². The lowest BCUT2D eigenvalue weighted by molar-refractivity contribution is -0.144. The highest BCUT2D eigenvalue weighted by atomic mass is 16.5. The summed E-state index contributed by atoms with van der Waals surface area (Å²) >= 11 is 0. The van der Waals surface area contributed by atoms with Crippen LogP contribution in [0, 0.1) is 5.92 Å². The average Bonchev–Trinajstić information content (AvgIpc) is 2.45. The van der Waals surface area contributed by atoms with Crippen molar-refractivity contribution in [2.24, 2.45) is 5.92 Å². The van der Waals surface area contributed by atoms with Crippen molar-refractivity contribution in [2.45, 2.75) is 6.92 Å². The Balaban J connectivity index is 2.26. The molecule has 100 valence electrons. The lowest BCUT2D eigenvalue weighted by atomic mass is 10.1. The molecule has 19 heavy (non-hydrogen) atoms. The van der Waals surface area contributed by atoms with Gasteiger partial charge in [0.25, 0.3) is 0 Å². The molecular weight excluding hydrogens is 240 g/mol. The van der Waals surface area contributed by atoms with Crippen LogP contribution in [0.3, 0.4) is 0 Å². The van der Waals surface area contributed by atoms with Crippen molar-refractivity contribution in [1.29, 1.82) is 0 Å². The molecule has 4 nitrogen and oxygen atoms in total. The predicted octanol–water partition coefficient (Wildman–Crippen LogP) is 2.48. The lowest BCUT2D eigenvalue weighted by Crippen LogP contribution is -2.29. The number of benzene rings is 1. The maximum Gasteiger partial charge on any atom is 0.310 e. The van der Waals surface area contributed by atoms with Gasteiger partial charge in [0.05, 0.1) is 13.0 Å². The fourth-order valence-corrected chi connectivity index (χ4v) is 2.18. The topological polar surface area (TPSA) is 42.4 Å². The number of esters is 1. The Labute approximate surface area is 113 Å². The van der Waals surface area contributed by atoms with Crippen LogP contribution >= 0.6 is 0 Å². The van der Waals surface area contributed by atoms with Gasteiger partial charge >= 0.3 is 5.97 Å². The van der Waals surface area contributed by atoms with Crippen molar-refractivity contribution in [3.05, 3.63) is 36.5 Å². The summed E-state index contributed by atoms with van der Waals surface area (Å²) < 4.78 is 4.75. The third-order valence-electron chi connectivity index (χ3n) is 3.17. The summed E-state index contributed by atoms with van der Waals surface area (Å²) in [6, 6.07) is 10.1. The van der Waals surface area contributed by atoms with E-state index in [1.165, 1.54) is 7.11 Å². The summed E-state index contributed by atoms with van der Waals surface area (Å²) in [6.07, 6.45) is 1.79. The smallest absolute Gasteiger partial charge is 0.310 e. The van der Waals surface area contributed by atoms with Crippen LogP contribution in [0.4, 0.5) is 5.82 Å².